The number of benzene rings is 2. The van der Waals surface area contributed by atoms with E-state index in [1.54, 1.807) is 18.3 Å². The second-order valence-corrected chi connectivity index (χ2v) is 7.28. The fraction of sp³-hybridized carbons (Fsp3) is 0.286. The van der Waals surface area contributed by atoms with Crippen molar-refractivity contribution in [1.82, 2.24) is 4.98 Å². The van der Waals surface area contributed by atoms with Gasteiger partial charge in [0, 0.05) is 17.1 Å². The maximum Gasteiger partial charge on any atom is 0.490 e. The summed E-state index contributed by atoms with van der Waals surface area (Å²) in [6.07, 6.45) is -5.95. The van der Waals surface area contributed by atoms with Crippen molar-refractivity contribution in [3.8, 4) is 5.75 Å². The number of alkyl halides is 6. The lowest BCUT2D eigenvalue weighted by Gasteiger charge is -2.35. The second-order valence-electron chi connectivity index (χ2n) is 7.28. The van der Waals surface area contributed by atoms with Crippen LogP contribution in [0.2, 0.25) is 0 Å². The molecule has 0 amide bonds. The highest BCUT2D eigenvalue weighted by molar-refractivity contribution is 5.92. The van der Waals surface area contributed by atoms with Crippen LogP contribution in [0.25, 0.3) is 10.9 Å². The summed E-state index contributed by atoms with van der Waals surface area (Å²) in [6.45, 7) is 0. The number of aliphatic carboxylic acids is 1. The van der Waals surface area contributed by atoms with Crippen LogP contribution in [0.5, 0.6) is 5.75 Å². The Morgan fingerprint density at radius 3 is 2.16 bits per heavy atom. The van der Waals surface area contributed by atoms with Crippen LogP contribution in [0.4, 0.5) is 32.0 Å². The Labute approximate surface area is 177 Å². The van der Waals surface area contributed by atoms with Crippen LogP contribution in [0, 0.1) is 0 Å². The van der Waals surface area contributed by atoms with Gasteiger partial charge in [0.25, 0.3) is 0 Å². The normalized spacial score (nSPS) is 18.4. The van der Waals surface area contributed by atoms with Crippen molar-refractivity contribution in [2.45, 2.75) is 37.2 Å². The van der Waals surface area contributed by atoms with Gasteiger partial charge in [-0.2, -0.15) is 26.3 Å². The maximum absolute atomic E-state index is 12.6. The van der Waals surface area contributed by atoms with Crippen LogP contribution < -0.4 is 10.5 Å². The van der Waals surface area contributed by atoms with Crippen molar-refractivity contribution in [3.63, 3.8) is 0 Å². The largest absolute Gasteiger partial charge is 0.490 e. The van der Waals surface area contributed by atoms with Crippen LogP contribution in [0.15, 0.2) is 48.7 Å². The number of halogens is 6. The number of nitrogens with two attached hydrogens (primary N) is 1. The molecule has 2 aromatic carbocycles. The molecule has 1 aliphatic carbocycles. The minimum Gasteiger partial charge on any atom is -0.490 e. The Bertz CT molecular complexity index is 1080. The van der Waals surface area contributed by atoms with Gasteiger partial charge in [-0.25, -0.2) is 4.79 Å². The molecule has 0 aliphatic heterocycles. The Morgan fingerprint density at radius 2 is 1.62 bits per heavy atom. The van der Waals surface area contributed by atoms with E-state index in [-0.39, 0.29) is 12.0 Å². The van der Waals surface area contributed by atoms with Gasteiger partial charge in [0.05, 0.1) is 17.4 Å². The minimum absolute atomic E-state index is 0.0740. The van der Waals surface area contributed by atoms with Gasteiger partial charge < -0.3 is 20.6 Å². The van der Waals surface area contributed by atoms with Crippen molar-refractivity contribution in [3.05, 3.63) is 59.8 Å². The van der Waals surface area contributed by atoms with E-state index in [1.807, 2.05) is 18.2 Å². The number of anilines is 1. The number of nitrogens with one attached hydrogen (secondary N) is 1. The number of hydrogen-bond acceptors (Lipinski definition) is 3. The molecule has 0 unspecified atom stereocenters. The number of aromatic amines is 1. The summed E-state index contributed by atoms with van der Waals surface area (Å²) in [4.78, 5) is 12.0. The van der Waals surface area contributed by atoms with Crippen molar-refractivity contribution >= 4 is 22.6 Å². The van der Waals surface area contributed by atoms with Crippen LogP contribution in [0.3, 0.4) is 0 Å². The monoisotopic (exact) mass is 460 g/mol. The van der Waals surface area contributed by atoms with E-state index in [9.17, 15) is 26.3 Å². The Balaban J connectivity index is 0.000000360. The number of carbonyl (C=O) groups is 1. The average Bonchev–Trinajstić information content (AvgIpc) is 3.04. The molecule has 4 rings (SSSR count). The van der Waals surface area contributed by atoms with Gasteiger partial charge >= 0.3 is 18.3 Å². The molecule has 5 nitrogen and oxygen atoms in total. The van der Waals surface area contributed by atoms with Crippen molar-refractivity contribution in [1.29, 1.82) is 0 Å². The SMILES string of the molecule is Nc1c[nH]c2ccc(OC3CC(c4ccc(C(F)(F)F)cc4)C3)cc12.O=C(O)C(F)(F)F. The molecule has 32 heavy (non-hydrogen) atoms. The fourth-order valence-corrected chi connectivity index (χ4v) is 3.27. The highest BCUT2D eigenvalue weighted by atomic mass is 19.4. The van der Waals surface area contributed by atoms with E-state index in [0.29, 0.717) is 5.69 Å². The molecular weight excluding hydrogens is 442 g/mol. The van der Waals surface area contributed by atoms with Crippen LogP contribution in [-0.2, 0) is 11.0 Å². The van der Waals surface area contributed by atoms with Crippen LogP contribution >= 0.6 is 0 Å². The van der Waals surface area contributed by atoms with Gasteiger partial charge in [0.1, 0.15) is 5.75 Å². The minimum atomic E-state index is -5.08. The van der Waals surface area contributed by atoms with Crippen LogP contribution in [0.1, 0.15) is 29.9 Å². The first-order chi connectivity index (χ1) is 14.8. The number of aromatic nitrogens is 1. The first kappa shape index (κ1) is 23.3. The van der Waals surface area contributed by atoms with E-state index in [1.165, 1.54) is 0 Å². The van der Waals surface area contributed by atoms with Gasteiger partial charge in [0.15, 0.2) is 0 Å². The molecule has 0 spiro atoms. The number of rotatable bonds is 3. The van der Waals surface area contributed by atoms with E-state index in [0.717, 1.165) is 47.2 Å². The first-order valence-electron chi connectivity index (χ1n) is 9.35. The molecule has 1 fully saturated rings. The molecule has 0 bridgehead atoms. The summed E-state index contributed by atoms with van der Waals surface area (Å²) in [5.41, 5.74) is 7.85. The molecule has 1 saturated carbocycles. The topological polar surface area (TPSA) is 88.3 Å². The number of carboxylic acid groups (broad SMARTS) is 1. The zero-order valence-corrected chi connectivity index (χ0v) is 16.3. The Kier molecular flexibility index (Phi) is 6.29. The van der Waals surface area contributed by atoms with Gasteiger partial charge in [-0.15, -0.1) is 0 Å². The molecule has 1 heterocycles. The Morgan fingerprint density at radius 1 is 1.03 bits per heavy atom. The molecule has 4 N–H and O–H groups in total. The summed E-state index contributed by atoms with van der Waals surface area (Å²) in [7, 11) is 0. The average molecular weight is 460 g/mol. The molecule has 0 saturated heterocycles. The van der Waals surface area contributed by atoms with E-state index in [2.05, 4.69) is 4.98 Å². The number of carboxylic acids is 1. The van der Waals surface area contributed by atoms with E-state index < -0.39 is 23.9 Å². The first-order valence-corrected chi connectivity index (χ1v) is 9.35. The number of fused-ring (bicyclic) bond motifs is 1. The van der Waals surface area contributed by atoms with E-state index >= 15 is 0 Å². The van der Waals surface area contributed by atoms with Gasteiger partial charge in [-0.3, -0.25) is 0 Å². The molecule has 1 aliphatic rings. The molecule has 3 aromatic rings. The zero-order valence-electron chi connectivity index (χ0n) is 16.3. The lowest BCUT2D eigenvalue weighted by molar-refractivity contribution is -0.192. The highest BCUT2D eigenvalue weighted by Gasteiger charge is 2.38. The van der Waals surface area contributed by atoms with Crippen LogP contribution in [-0.4, -0.2) is 28.3 Å². The third-order valence-corrected chi connectivity index (χ3v) is 5.03. The molecule has 1 aromatic heterocycles. The smallest absolute Gasteiger partial charge is 0.490 e. The van der Waals surface area contributed by atoms with E-state index in [4.69, 9.17) is 20.4 Å². The van der Waals surface area contributed by atoms with Crippen molar-refractivity contribution in [2.75, 3.05) is 5.73 Å². The summed E-state index contributed by atoms with van der Waals surface area (Å²) in [6, 6.07) is 11.1. The molecular formula is C21H18F6N2O3. The quantitative estimate of drug-likeness (QED) is 0.436. The van der Waals surface area contributed by atoms with Crippen molar-refractivity contribution < 1.29 is 41.0 Å². The predicted octanol–water partition coefficient (Wildman–Crippen LogP) is 5.73. The molecule has 0 radical (unpaired) electrons. The summed E-state index contributed by atoms with van der Waals surface area (Å²) in [5, 5.41) is 8.05. The van der Waals surface area contributed by atoms with Crippen molar-refractivity contribution in [2.24, 2.45) is 0 Å². The van der Waals surface area contributed by atoms with Gasteiger partial charge in [-0.05, 0) is 54.7 Å². The predicted molar refractivity (Wildman–Crippen MR) is 104 cm³/mol. The maximum atomic E-state index is 12.6. The lowest BCUT2D eigenvalue weighted by Crippen LogP contribution is -2.32. The summed E-state index contributed by atoms with van der Waals surface area (Å²) in [5.74, 6) is -1.75. The third-order valence-electron chi connectivity index (χ3n) is 5.03. The summed E-state index contributed by atoms with van der Waals surface area (Å²) < 4.78 is 75.5. The number of nitrogen functional groups attached to an aromatic ring is 1. The second kappa shape index (κ2) is 8.64. The zero-order chi connectivity index (χ0) is 23.7. The van der Waals surface area contributed by atoms with Gasteiger partial charge in [-0.1, -0.05) is 12.1 Å². The number of H-pyrrole nitrogens is 1. The molecule has 0 atom stereocenters. The molecule has 172 valence electrons. The van der Waals surface area contributed by atoms with Gasteiger partial charge in [0.2, 0.25) is 0 Å². The fourth-order valence-electron chi connectivity index (χ4n) is 3.27. The third kappa shape index (κ3) is 5.45. The standard InChI is InChI=1S/C19H17F3N2O.C2HF3O2/c20-19(21,22)13-3-1-11(2-4-13)12-7-15(8-12)25-14-5-6-18-16(9-14)17(23)10-24-18;3-2(4,5)1(6)7/h1-6,9-10,12,15,24H,7-8,23H2;(H,6,7). The summed E-state index contributed by atoms with van der Waals surface area (Å²) >= 11 is 0. The molecule has 11 heteroatoms. The lowest BCUT2D eigenvalue weighted by atomic mass is 9.77. The Hall–Kier alpha value is -3.37. The number of ether oxygens (including phenoxy) is 1. The number of hydrogen-bond donors (Lipinski definition) is 3. The highest BCUT2D eigenvalue weighted by Crippen LogP contribution is 2.40.